The predicted molar refractivity (Wildman–Crippen MR) is 96.5 cm³/mol. The molecule has 8 nitrogen and oxygen atoms in total. The highest BCUT2D eigenvalue weighted by Crippen LogP contribution is 2.20. The molecule has 132 valence electrons. The normalized spacial score (nSPS) is 11.5. The van der Waals surface area contributed by atoms with Gasteiger partial charge < -0.3 is 8.98 Å². The first kappa shape index (κ1) is 16.1. The highest BCUT2D eigenvalue weighted by atomic mass is 16.4. The second-order valence-corrected chi connectivity index (χ2v) is 6.34. The van der Waals surface area contributed by atoms with Gasteiger partial charge in [-0.3, -0.25) is 13.9 Å². The zero-order valence-corrected chi connectivity index (χ0v) is 14.5. The largest absolute Gasteiger partial charge is 0.423 e. The van der Waals surface area contributed by atoms with Crippen molar-refractivity contribution in [2.45, 2.75) is 13.5 Å². The van der Waals surface area contributed by atoms with Crippen LogP contribution in [-0.2, 0) is 20.6 Å². The quantitative estimate of drug-likeness (QED) is 0.500. The van der Waals surface area contributed by atoms with Crippen molar-refractivity contribution in [3.63, 3.8) is 0 Å². The minimum atomic E-state index is -0.453. The Bertz CT molecular complexity index is 1350. The van der Waals surface area contributed by atoms with E-state index >= 15 is 0 Å². The van der Waals surface area contributed by atoms with E-state index in [0.29, 0.717) is 11.2 Å². The number of fused-ring (bicyclic) bond motifs is 2. The number of imidazole rings is 1. The van der Waals surface area contributed by atoms with E-state index in [1.165, 1.54) is 24.0 Å². The fraction of sp³-hybridized carbons (Fsp3) is 0.222. The van der Waals surface area contributed by atoms with Crippen molar-refractivity contribution < 1.29 is 4.42 Å². The molecule has 3 heterocycles. The molecular formula is C18H16N4O4. The van der Waals surface area contributed by atoms with Gasteiger partial charge in [-0.25, -0.2) is 14.6 Å². The van der Waals surface area contributed by atoms with Crippen LogP contribution in [0.1, 0.15) is 11.1 Å². The molecule has 0 radical (unpaired) electrons. The zero-order chi connectivity index (χ0) is 18.6. The molecular weight excluding hydrogens is 336 g/mol. The Hall–Kier alpha value is -3.42. The number of rotatable bonds is 2. The number of aromatic nitrogens is 4. The number of aryl methyl sites for hydroxylation is 2. The first-order valence-corrected chi connectivity index (χ1v) is 8.01. The van der Waals surface area contributed by atoms with Crippen molar-refractivity contribution in [1.82, 2.24) is 18.7 Å². The van der Waals surface area contributed by atoms with Gasteiger partial charge in [0.15, 0.2) is 5.52 Å². The second kappa shape index (κ2) is 5.55. The average Bonchev–Trinajstić information content (AvgIpc) is 3.02. The number of benzene rings is 1. The summed E-state index contributed by atoms with van der Waals surface area (Å²) in [4.78, 5) is 40.6. The van der Waals surface area contributed by atoms with Crippen LogP contribution in [0.5, 0.6) is 0 Å². The van der Waals surface area contributed by atoms with E-state index in [9.17, 15) is 14.4 Å². The molecule has 0 bridgehead atoms. The SMILES string of the molecule is Cc1ccc2oc(=O)cc(Cn3cnc4c(=O)n(C)c(=O)n(C)c43)c2c1. The summed E-state index contributed by atoms with van der Waals surface area (Å²) in [6, 6.07) is 6.99. The summed E-state index contributed by atoms with van der Waals surface area (Å²) in [5, 5.41) is 0.806. The Labute approximate surface area is 146 Å². The molecule has 0 aliphatic carbocycles. The van der Waals surface area contributed by atoms with Crippen LogP contribution in [0.3, 0.4) is 0 Å². The van der Waals surface area contributed by atoms with Crippen molar-refractivity contribution in [2.24, 2.45) is 14.1 Å². The molecule has 0 aliphatic rings. The van der Waals surface area contributed by atoms with E-state index in [4.69, 9.17) is 4.42 Å². The van der Waals surface area contributed by atoms with Crippen molar-refractivity contribution in [3.05, 3.63) is 73.0 Å². The van der Waals surface area contributed by atoms with E-state index in [-0.39, 0.29) is 12.1 Å². The van der Waals surface area contributed by atoms with Crippen LogP contribution >= 0.6 is 0 Å². The molecule has 0 unspecified atom stereocenters. The Morgan fingerprint density at radius 2 is 1.85 bits per heavy atom. The third-order valence-corrected chi connectivity index (χ3v) is 4.53. The van der Waals surface area contributed by atoms with Gasteiger partial charge in [0, 0.05) is 25.5 Å². The van der Waals surface area contributed by atoms with Crippen molar-refractivity contribution in [3.8, 4) is 0 Å². The number of nitrogens with zero attached hydrogens (tertiary/aromatic N) is 4. The molecule has 0 fully saturated rings. The molecule has 0 N–H and O–H groups in total. The van der Waals surface area contributed by atoms with E-state index in [1.54, 1.807) is 17.7 Å². The second-order valence-electron chi connectivity index (χ2n) is 6.34. The lowest BCUT2D eigenvalue weighted by Gasteiger charge is -2.10. The van der Waals surface area contributed by atoms with Crippen LogP contribution in [0.2, 0.25) is 0 Å². The first-order valence-electron chi connectivity index (χ1n) is 8.01. The highest BCUT2D eigenvalue weighted by molar-refractivity contribution is 5.81. The topological polar surface area (TPSA) is 92.0 Å². The van der Waals surface area contributed by atoms with Crippen LogP contribution < -0.4 is 16.9 Å². The zero-order valence-electron chi connectivity index (χ0n) is 14.5. The Morgan fingerprint density at radius 1 is 1.08 bits per heavy atom. The summed E-state index contributed by atoms with van der Waals surface area (Å²) in [6.45, 7) is 2.23. The third kappa shape index (κ3) is 2.30. The molecule has 0 saturated heterocycles. The molecule has 0 aliphatic heterocycles. The molecule has 8 heteroatoms. The Kier molecular flexibility index (Phi) is 3.43. The van der Waals surface area contributed by atoms with Crippen LogP contribution in [0.25, 0.3) is 22.1 Å². The standard InChI is InChI=1S/C18H16N4O4/c1-10-4-5-13-12(6-10)11(7-14(23)26-13)8-22-9-19-15-16(22)20(2)18(25)21(3)17(15)24/h4-7,9H,8H2,1-3H3. The van der Waals surface area contributed by atoms with Gasteiger partial charge in [-0.15, -0.1) is 0 Å². The summed E-state index contributed by atoms with van der Waals surface area (Å²) >= 11 is 0. The molecule has 3 aromatic heterocycles. The van der Waals surface area contributed by atoms with Gasteiger partial charge in [-0.2, -0.15) is 0 Å². The van der Waals surface area contributed by atoms with Gasteiger partial charge >= 0.3 is 11.3 Å². The van der Waals surface area contributed by atoms with E-state index in [1.807, 2.05) is 19.1 Å². The maximum absolute atomic E-state index is 12.3. The Morgan fingerprint density at radius 3 is 2.62 bits per heavy atom. The van der Waals surface area contributed by atoms with Crippen LogP contribution in [-0.4, -0.2) is 18.7 Å². The smallest absolute Gasteiger partial charge is 0.336 e. The number of hydrogen-bond acceptors (Lipinski definition) is 5. The fourth-order valence-corrected chi connectivity index (χ4v) is 3.21. The van der Waals surface area contributed by atoms with E-state index < -0.39 is 16.9 Å². The summed E-state index contributed by atoms with van der Waals surface area (Å²) < 4.78 is 9.34. The molecule has 4 rings (SSSR count). The van der Waals surface area contributed by atoms with Gasteiger partial charge in [-0.05, 0) is 24.6 Å². The molecule has 4 aromatic rings. The van der Waals surface area contributed by atoms with Crippen LogP contribution in [0.4, 0.5) is 0 Å². The van der Waals surface area contributed by atoms with Gasteiger partial charge in [0.2, 0.25) is 0 Å². The lowest BCUT2D eigenvalue weighted by molar-refractivity contribution is 0.557. The molecule has 0 amide bonds. The van der Waals surface area contributed by atoms with Crippen molar-refractivity contribution in [1.29, 1.82) is 0 Å². The summed E-state index contributed by atoms with van der Waals surface area (Å²) in [5.74, 6) is 0. The molecule has 1 aromatic carbocycles. The number of hydrogen-bond donors (Lipinski definition) is 0. The first-order chi connectivity index (χ1) is 12.4. The Balaban J connectivity index is 1.99. The lowest BCUT2D eigenvalue weighted by Crippen LogP contribution is -2.37. The van der Waals surface area contributed by atoms with Gasteiger partial charge in [0.1, 0.15) is 11.2 Å². The minimum absolute atomic E-state index is 0.207. The maximum atomic E-state index is 12.3. The molecule has 0 saturated carbocycles. The summed E-state index contributed by atoms with van der Waals surface area (Å²) in [7, 11) is 3.01. The third-order valence-electron chi connectivity index (χ3n) is 4.53. The molecule has 0 spiro atoms. The monoisotopic (exact) mass is 352 g/mol. The van der Waals surface area contributed by atoms with Crippen molar-refractivity contribution in [2.75, 3.05) is 0 Å². The molecule has 0 atom stereocenters. The average molecular weight is 352 g/mol. The van der Waals surface area contributed by atoms with Gasteiger partial charge in [-0.1, -0.05) is 11.6 Å². The predicted octanol–water partition coefficient (Wildman–Crippen LogP) is 0.897. The van der Waals surface area contributed by atoms with Crippen molar-refractivity contribution >= 4 is 22.1 Å². The fourth-order valence-electron chi connectivity index (χ4n) is 3.21. The summed E-state index contributed by atoms with van der Waals surface area (Å²) in [6.07, 6.45) is 1.50. The van der Waals surface area contributed by atoms with E-state index in [2.05, 4.69) is 4.98 Å². The lowest BCUT2D eigenvalue weighted by atomic mass is 10.1. The minimum Gasteiger partial charge on any atom is -0.423 e. The maximum Gasteiger partial charge on any atom is 0.336 e. The van der Waals surface area contributed by atoms with Crippen LogP contribution in [0, 0.1) is 6.92 Å². The van der Waals surface area contributed by atoms with E-state index in [0.717, 1.165) is 21.1 Å². The summed E-state index contributed by atoms with van der Waals surface area (Å²) in [5.41, 5.74) is 1.53. The van der Waals surface area contributed by atoms with Gasteiger partial charge in [0.25, 0.3) is 5.56 Å². The highest BCUT2D eigenvalue weighted by Gasteiger charge is 2.15. The van der Waals surface area contributed by atoms with Gasteiger partial charge in [0.05, 0.1) is 12.9 Å². The molecule has 26 heavy (non-hydrogen) atoms. The van der Waals surface area contributed by atoms with Crippen LogP contribution in [0.15, 0.2) is 49.4 Å².